The van der Waals surface area contributed by atoms with Crippen molar-refractivity contribution >= 4 is 5.91 Å². The molecule has 1 rings (SSSR count). The summed E-state index contributed by atoms with van der Waals surface area (Å²) < 4.78 is 0. The number of carbonyl (C=O) groups excluding carboxylic acids is 1. The highest BCUT2D eigenvalue weighted by Crippen LogP contribution is 2.18. The lowest BCUT2D eigenvalue weighted by molar-refractivity contribution is -0.125. The van der Waals surface area contributed by atoms with Gasteiger partial charge in [-0.3, -0.25) is 4.79 Å². The first-order chi connectivity index (χ1) is 8.22. The van der Waals surface area contributed by atoms with E-state index in [1.54, 1.807) is 12.2 Å². The molecular formula is C13H17N3O. The fourth-order valence-electron chi connectivity index (χ4n) is 1.32. The molecule has 4 nitrogen and oxygen atoms in total. The molecule has 17 heavy (non-hydrogen) atoms. The van der Waals surface area contributed by atoms with Gasteiger partial charge >= 0.3 is 0 Å². The quantitative estimate of drug-likeness (QED) is 0.409. The summed E-state index contributed by atoms with van der Waals surface area (Å²) in [5.41, 5.74) is 0.126. The van der Waals surface area contributed by atoms with Gasteiger partial charge in [-0.05, 0) is 12.8 Å². The molecule has 1 aliphatic rings. The van der Waals surface area contributed by atoms with E-state index in [1.165, 1.54) is 11.1 Å². The Kier molecular flexibility index (Phi) is 5.02. The predicted molar refractivity (Wildman–Crippen MR) is 66.8 cm³/mol. The van der Waals surface area contributed by atoms with Crippen LogP contribution in [0.15, 0.2) is 37.1 Å². The Balaban J connectivity index is 2.66. The smallest absolute Gasteiger partial charge is 0.266 e. The molecule has 1 N–H and O–H groups in total. The Labute approximate surface area is 102 Å². The molecular weight excluding hydrogens is 214 g/mol. The lowest BCUT2D eigenvalue weighted by Gasteiger charge is -2.18. The second-order valence-electron chi connectivity index (χ2n) is 3.90. The van der Waals surface area contributed by atoms with Gasteiger partial charge in [-0.1, -0.05) is 12.2 Å². The van der Waals surface area contributed by atoms with Gasteiger partial charge in [0.15, 0.2) is 0 Å². The number of hydrogen-bond acceptors (Lipinski definition) is 3. The highest BCUT2D eigenvalue weighted by atomic mass is 16.2. The van der Waals surface area contributed by atoms with Crippen molar-refractivity contribution in [3.8, 4) is 6.07 Å². The summed E-state index contributed by atoms with van der Waals surface area (Å²) in [5, 5.41) is 12.0. The van der Waals surface area contributed by atoms with E-state index in [4.69, 9.17) is 5.26 Å². The van der Waals surface area contributed by atoms with Crippen LogP contribution in [0.3, 0.4) is 0 Å². The maximum atomic E-state index is 12.0. The van der Waals surface area contributed by atoms with Crippen LogP contribution in [-0.4, -0.2) is 29.9 Å². The van der Waals surface area contributed by atoms with Gasteiger partial charge in [-0.15, -0.1) is 13.2 Å². The third kappa shape index (κ3) is 4.15. The maximum Gasteiger partial charge on any atom is 0.266 e. The summed E-state index contributed by atoms with van der Waals surface area (Å²) in [6.45, 7) is 8.00. The molecule has 0 heterocycles. The molecule has 1 amide bonds. The molecule has 0 spiro atoms. The molecule has 1 fully saturated rings. The van der Waals surface area contributed by atoms with E-state index in [0.29, 0.717) is 19.1 Å². The molecule has 0 saturated heterocycles. The zero-order valence-corrected chi connectivity index (χ0v) is 9.85. The van der Waals surface area contributed by atoms with Crippen LogP contribution < -0.4 is 5.32 Å². The van der Waals surface area contributed by atoms with E-state index in [1.807, 2.05) is 6.07 Å². The molecule has 90 valence electrons. The molecule has 0 radical (unpaired) electrons. The highest BCUT2D eigenvalue weighted by Gasteiger charge is 2.21. The van der Waals surface area contributed by atoms with Crippen LogP contribution in [0.25, 0.3) is 0 Å². The normalized spacial score (nSPS) is 14.6. The van der Waals surface area contributed by atoms with E-state index in [0.717, 1.165) is 12.8 Å². The van der Waals surface area contributed by atoms with Crippen molar-refractivity contribution in [2.45, 2.75) is 18.9 Å². The summed E-state index contributed by atoms with van der Waals surface area (Å²) >= 11 is 0. The van der Waals surface area contributed by atoms with Crippen molar-refractivity contribution < 1.29 is 4.79 Å². The summed E-state index contributed by atoms with van der Waals surface area (Å²) in [7, 11) is 0. The van der Waals surface area contributed by atoms with Gasteiger partial charge < -0.3 is 10.2 Å². The largest absolute Gasteiger partial charge is 0.387 e. The average molecular weight is 231 g/mol. The van der Waals surface area contributed by atoms with Crippen LogP contribution in [0.1, 0.15) is 12.8 Å². The second kappa shape index (κ2) is 6.54. The molecule has 0 aliphatic heterocycles. The number of carbonyl (C=O) groups is 1. The van der Waals surface area contributed by atoms with E-state index >= 15 is 0 Å². The maximum absolute atomic E-state index is 12.0. The first kappa shape index (κ1) is 13.0. The lowest BCUT2D eigenvalue weighted by atomic mass is 10.2. The monoisotopic (exact) mass is 231 g/mol. The summed E-state index contributed by atoms with van der Waals surface area (Å²) in [5.74, 6) is -0.291. The Morgan fingerprint density at radius 2 is 2.00 bits per heavy atom. The Morgan fingerprint density at radius 1 is 1.41 bits per heavy atom. The highest BCUT2D eigenvalue weighted by molar-refractivity contribution is 5.97. The van der Waals surface area contributed by atoms with E-state index in [-0.39, 0.29) is 11.5 Å². The molecule has 1 aliphatic carbocycles. The standard InChI is InChI=1S/C13H17N3O/c1-3-7-16(8-4-2)13(17)11(9-14)10-15-12-5-6-12/h3-4,10,12,15H,1-2,5-8H2/b11-10-. The molecule has 1 saturated carbocycles. The number of rotatable bonds is 7. The van der Waals surface area contributed by atoms with Crippen molar-refractivity contribution in [2.75, 3.05) is 13.1 Å². The molecule has 0 aromatic heterocycles. The van der Waals surface area contributed by atoms with Crippen molar-refractivity contribution in [2.24, 2.45) is 0 Å². The average Bonchev–Trinajstić information content (AvgIpc) is 3.13. The number of nitrogens with zero attached hydrogens (tertiary/aromatic N) is 2. The van der Waals surface area contributed by atoms with Gasteiger partial charge in [-0.25, -0.2) is 0 Å². The van der Waals surface area contributed by atoms with Crippen LogP contribution in [0.4, 0.5) is 0 Å². The van der Waals surface area contributed by atoms with Crippen LogP contribution in [0.5, 0.6) is 0 Å². The minimum Gasteiger partial charge on any atom is -0.387 e. The van der Waals surface area contributed by atoms with Gasteiger partial charge in [0.2, 0.25) is 0 Å². The third-order valence-electron chi connectivity index (χ3n) is 2.38. The molecule has 4 heteroatoms. The van der Waals surface area contributed by atoms with Crippen LogP contribution in [0.2, 0.25) is 0 Å². The predicted octanol–water partition coefficient (Wildman–Crippen LogP) is 1.35. The topological polar surface area (TPSA) is 56.1 Å². The van der Waals surface area contributed by atoms with Crippen LogP contribution in [-0.2, 0) is 4.79 Å². The molecule has 0 aromatic rings. The lowest BCUT2D eigenvalue weighted by Crippen LogP contribution is -2.32. The summed E-state index contributed by atoms with van der Waals surface area (Å²) in [6, 6.07) is 2.35. The van der Waals surface area contributed by atoms with Crippen LogP contribution >= 0.6 is 0 Å². The molecule has 0 bridgehead atoms. The number of hydrogen-bond donors (Lipinski definition) is 1. The SMILES string of the molecule is C=CCN(CC=C)C(=O)/C(C#N)=C\NC1CC1. The summed E-state index contributed by atoms with van der Waals surface area (Å²) in [4.78, 5) is 13.5. The third-order valence-corrected chi connectivity index (χ3v) is 2.38. The minimum absolute atomic E-state index is 0.126. The van der Waals surface area contributed by atoms with Crippen molar-refractivity contribution in [1.29, 1.82) is 5.26 Å². The molecule has 0 aromatic carbocycles. The fourth-order valence-corrected chi connectivity index (χ4v) is 1.32. The summed E-state index contributed by atoms with van der Waals surface area (Å²) in [6.07, 6.45) is 6.98. The Hall–Kier alpha value is -2.02. The van der Waals surface area contributed by atoms with Gasteiger partial charge in [0, 0.05) is 25.3 Å². The zero-order valence-electron chi connectivity index (χ0n) is 9.85. The van der Waals surface area contributed by atoms with Crippen molar-refractivity contribution in [3.63, 3.8) is 0 Å². The fraction of sp³-hybridized carbons (Fsp3) is 0.385. The number of amides is 1. The van der Waals surface area contributed by atoms with Crippen molar-refractivity contribution in [3.05, 3.63) is 37.1 Å². The number of nitrogens with one attached hydrogen (secondary N) is 1. The van der Waals surface area contributed by atoms with Gasteiger partial charge in [0.1, 0.15) is 11.6 Å². The minimum atomic E-state index is -0.291. The van der Waals surface area contributed by atoms with E-state index in [2.05, 4.69) is 18.5 Å². The van der Waals surface area contributed by atoms with Gasteiger partial charge in [0.25, 0.3) is 5.91 Å². The number of nitriles is 1. The van der Waals surface area contributed by atoms with Crippen molar-refractivity contribution in [1.82, 2.24) is 10.2 Å². The van der Waals surface area contributed by atoms with Crippen LogP contribution in [0, 0.1) is 11.3 Å². The van der Waals surface area contributed by atoms with Gasteiger partial charge in [-0.2, -0.15) is 5.26 Å². The first-order valence-corrected chi connectivity index (χ1v) is 5.60. The Morgan fingerprint density at radius 3 is 2.41 bits per heavy atom. The van der Waals surface area contributed by atoms with Gasteiger partial charge in [0.05, 0.1) is 0 Å². The Bertz CT molecular complexity index is 365. The van der Waals surface area contributed by atoms with E-state index < -0.39 is 0 Å². The second-order valence-corrected chi connectivity index (χ2v) is 3.90. The molecule has 0 unspecified atom stereocenters. The zero-order chi connectivity index (χ0) is 12.7. The molecule has 0 atom stereocenters. The first-order valence-electron chi connectivity index (χ1n) is 5.60. The van der Waals surface area contributed by atoms with E-state index in [9.17, 15) is 4.79 Å².